The van der Waals surface area contributed by atoms with Crippen LogP contribution in [0.4, 0.5) is 5.82 Å². The van der Waals surface area contributed by atoms with Crippen molar-refractivity contribution >= 4 is 11.8 Å². The van der Waals surface area contributed by atoms with E-state index in [1.807, 2.05) is 6.07 Å². The fourth-order valence-electron chi connectivity index (χ4n) is 2.47. The lowest BCUT2D eigenvalue weighted by Gasteiger charge is -2.40. The van der Waals surface area contributed by atoms with Gasteiger partial charge in [-0.2, -0.15) is 0 Å². The molecule has 0 spiro atoms. The first-order chi connectivity index (χ1) is 9.69. The number of aromatic nitrogens is 2. The van der Waals surface area contributed by atoms with E-state index in [1.165, 1.54) is 7.11 Å². The maximum Gasteiger partial charge on any atom is 0.358 e. The zero-order chi connectivity index (χ0) is 14.5. The van der Waals surface area contributed by atoms with Gasteiger partial charge in [0, 0.05) is 25.2 Å². The maximum absolute atomic E-state index is 11.4. The smallest absolute Gasteiger partial charge is 0.358 e. The van der Waals surface area contributed by atoms with Gasteiger partial charge in [0.05, 0.1) is 7.11 Å². The molecule has 2 heterocycles. The van der Waals surface area contributed by atoms with Gasteiger partial charge in [-0.25, -0.2) is 4.79 Å². The topological polar surface area (TPSA) is 67.4 Å². The average molecular weight is 278 g/mol. The highest BCUT2D eigenvalue weighted by molar-refractivity contribution is 5.86. The molecule has 1 fully saturated rings. The number of hydrogen-bond donors (Lipinski definition) is 1. The highest BCUT2D eigenvalue weighted by Gasteiger charge is 2.27. The fourth-order valence-corrected chi connectivity index (χ4v) is 2.47. The van der Waals surface area contributed by atoms with Crippen molar-refractivity contribution in [2.75, 3.05) is 25.1 Å². The van der Waals surface area contributed by atoms with Gasteiger partial charge in [-0.3, -0.25) is 0 Å². The Morgan fingerprint density at radius 3 is 2.75 bits per heavy atom. The van der Waals surface area contributed by atoms with E-state index < -0.39 is 5.97 Å². The Kier molecular flexibility index (Phi) is 4.89. The number of nitrogens with one attached hydrogen (secondary N) is 1. The molecule has 2 rings (SSSR count). The molecule has 1 aliphatic heterocycles. The molecule has 1 aromatic rings. The van der Waals surface area contributed by atoms with Gasteiger partial charge in [-0.1, -0.05) is 13.8 Å². The minimum absolute atomic E-state index is 0.242. The van der Waals surface area contributed by atoms with Gasteiger partial charge < -0.3 is 15.0 Å². The van der Waals surface area contributed by atoms with Crippen LogP contribution in [-0.2, 0) is 4.74 Å². The summed E-state index contributed by atoms with van der Waals surface area (Å²) >= 11 is 0. The van der Waals surface area contributed by atoms with Gasteiger partial charge in [0.15, 0.2) is 11.5 Å². The van der Waals surface area contributed by atoms with Crippen molar-refractivity contribution in [1.29, 1.82) is 0 Å². The van der Waals surface area contributed by atoms with E-state index in [1.54, 1.807) is 6.07 Å². The number of rotatable bonds is 4. The van der Waals surface area contributed by atoms with Gasteiger partial charge in [0.25, 0.3) is 0 Å². The summed E-state index contributed by atoms with van der Waals surface area (Å²) in [6.45, 7) is 6.21. The highest BCUT2D eigenvalue weighted by Crippen LogP contribution is 2.19. The zero-order valence-electron chi connectivity index (χ0n) is 12.3. The second-order valence-electron chi connectivity index (χ2n) is 5.00. The van der Waals surface area contributed by atoms with Crippen LogP contribution < -0.4 is 10.2 Å². The molecule has 0 aromatic carbocycles. The molecular weight excluding hydrogens is 256 g/mol. The van der Waals surface area contributed by atoms with E-state index >= 15 is 0 Å². The third-order valence-corrected chi connectivity index (χ3v) is 3.80. The molecule has 1 N–H and O–H groups in total. The van der Waals surface area contributed by atoms with Crippen molar-refractivity contribution in [3.05, 3.63) is 17.8 Å². The Balaban J connectivity index is 2.17. The normalized spacial score (nSPS) is 22.6. The van der Waals surface area contributed by atoms with Crippen LogP contribution >= 0.6 is 0 Å². The summed E-state index contributed by atoms with van der Waals surface area (Å²) in [5.74, 6) is 0.368. The summed E-state index contributed by atoms with van der Waals surface area (Å²) in [7, 11) is 1.34. The van der Waals surface area contributed by atoms with Crippen LogP contribution in [0, 0.1) is 0 Å². The Labute approximate surface area is 119 Å². The molecule has 6 nitrogen and oxygen atoms in total. The van der Waals surface area contributed by atoms with Gasteiger partial charge >= 0.3 is 5.97 Å². The summed E-state index contributed by atoms with van der Waals surface area (Å²) < 4.78 is 4.63. The van der Waals surface area contributed by atoms with Crippen molar-refractivity contribution < 1.29 is 9.53 Å². The summed E-state index contributed by atoms with van der Waals surface area (Å²) in [6, 6.07) is 4.40. The molecule has 110 valence electrons. The van der Waals surface area contributed by atoms with E-state index in [9.17, 15) is 4.79 Å². The highest BCUT2D eigenvalue weighted by atomic mass is 16.5. The summed E-state index contributed by atoms with van der Waals surface area (Å²) in [6.07, 6.45) is 2.13. The summed E-state index contributed by atoms with van der Waals surface area (Å²) in [5.41, 5.74) is 0.242. The third-order valence-electron chi connectivity index (χ3n) is 3.80. The molecule has 20 heavy (non-hydrogen) atoms. The van der Waals surface area contributed by atoms with Gasteiger partial charge in [0.2, 0.25) is 0 Å². The largest absolute Gasteiger partial charge is 0.464 e. The Morgan fingerprint density at radius 2 is 2.20 bits per heavy atom. The van der Waals surface area contributed by atoms with Crippen molar-refractivity contribution in [2.45, 2.75) is 38.8 Å². The van der Waals surface area contributed by atoms with E-state index in [4.69, 9.17) is 0 Å². The lowest BCUT2D eigenvalue weighted by Crippen LogP contribution is -2.56. The number of hydrogen-bond acceptors (Lipinski definition) is 6. The van der Waals surface area contributed by atoms with Gasteiger partial charge in [-0.05, 0) is 25.0 Å². The average Bonchev–Trinajstić information content (AvgIpc) is 2.53. The second kappa shape index (κ2) is 6.65. The first kappa shape index (κ1) is 14.7. The van der Waals surface area contributed by atoms with Gasteiger partial charge in [0.1, 0.15) is 0 Å². The predicted octanol–water partition coefficient (Wildman–Crippen LogP) is 1.23. The quantitative estimate of drug-likeness (QED) is 0.836. The molecule has 0 radical (unpaired) electrons. The van der Waals surface area contributed by atoms with Crippen LogP contribution in [0.25, 0.3) is 0 Å². The number of esters is 1. The van der Waals surface area contributed by atoms with Gasteiger partial charge in [-0.15, -0.1) is 10.2 Å². The molecule has 6 heteroatoms. The first-order valence-electron chi connectivity index (χ1n) is 7.11. The number of piperazine rings is 1. The fraction of sp³-hybridized carbons (Fsp3) is 0.643. The van der Waals surface area contributed by atoms with E-state index in [0.29, 0.717) is 12.1 Å². The molecule has 1 aliphatic rings. The lowest BCUT2D eigenvalue weighted by molar-refractivity contribution is 0.0592. The van der Waals surface area contributed by atoms with E-state index in [2.05, 4.69) is 39.0 Å². The van der Waals surface area contributed by atoms with Crippen LogP contribution in [0.5, 0.6) is 0 Å². The standard InChI is InChI=1S/C14H22N4O2/c1-4-10-9-18(11(5-2)8-15-10)13-7-6-12(16-17-13)14(19)20-3/h6-7,10-11,15H,4-5,8-9H2,1-3H3. The minimum atomic E-state index is -0.456. The molecule has 1 aromatic heterocycles. The van der Waals surface area contributed by atoms with Crippen LogP contribution in [-0.4, -0.2) is 48.4 Å². The van der Waals surface area contributed by atoms with Crippen molar-refractivity contribution in [1.82, 2.24) is 15.5 Å². The Bertz CT molecular complexity index is 449. The zero-order valence-corrected chi connectivity index (χ0v) is 12.3. The Morgan fingerprint density at radius 1 is 1.40 bits per heavy atom. The molecule has 0 saturated carbocycles. The van der Waals surface area contributed by atoms with Crippen molar-refractivity contribution in [3.8, 4) is 0 Å². The van der Waals surface area contributed by atoms with Crippen LogP contribution in [0.2, 0.25) is 0 Å². The third kappa shape index (κ3) is 3.07. The number of methoxy groups -OCH3 is 1. The molecule has 0 amide bonds. The molecule has 0 bridgehead atoms. The monoisotopic (exact) mass is 278 g/mol. The molecule has 0 aliphatic carbocycles. The number of nitrogens with zero attached hydrogens (tertiary/aromatic N) is 3. The van der Waals surface area contributed by atoms with E-state index in [0.717, 1.165) is 31.7 Å². The molecule has 2 atom stereocenters. The maximum atomic E-state index is 11.4. The first-order valence-corrected chi connectivity index (χ1v) is 7.11. The minimum Gasteiger partial charge on any atom is -0.464 e. The van der Waals surface area contributed by atoms with E-state index in [-0.39, 0.29) is 5.69 Å². The summed E-state index contributed by atoms with van der Waals surface area (Å²) in [5, 5.41) is 11.7. The number of anilines is 1. The number of carbonyl (C=O) groups is 1. The number of ether oxygens (including phenoxy) is 1. The molecular formula is C14H22N4O2. The van der Waals surface area contributed by atoms with Crippen LogP contribution in [0.1, 0.15) is 37.2 Å². The lowest BCUT2D eigenvalue weighted by atomic mass is 10.1. The second-order valence-corrected chi connectivity index (χ2v) is 5.00. The Hall–Kier alpha value is -1.69. The number of carbonyl (C=O) groups excluding carboxylic acids is 1. The molecule has 2 unspecified atom stereocenters. The van der Waals surface area contributed by atoms with Crippen molar-refractivity contribution in [3.63, 3.8) is 0 Å². The van der Waals surface area contributed by atoms with Crippen molar-refractivity contribution in [2.24, 2.45) is 0 Å². The molecule has 1 saturated heterocycles. The SMILES string of the molecule is CCC1CN(c2ccc(C(=O)OC)nn2)C(CC)CN1. The predicted molar refractivity (Wildman–Crippen MR) is 76.9 cm³/mol. The summed E-state index contributed by atoms with van der Waals surface area (Å²) in [4.78, 5) is 13.6. The van der Waals surface area contributed by atoms with Crippen LogP contribution in [0.3, 0.4) is 0 Å². The van der Waals surface area contributed by atoms with Crippen LogP contribution in [0.15, 0.2) is 12.1 Å².